The van der Waals surface area contributed by atoms with E-state index in [2.05, 4.69) is 0 Å². The van der Waals surface area contributed by atoms with Gasteiger partial charge in [-0.15, -0.1) is 0 Å². The van der Waals surface area contributed by atoms with Crippen LogP contribution in [-0.2, 0) is 0 Å². The molecule has 0 bridgehead atoms. The summed E-state index contributed by atoms with van der Waals surface area (Å²) in [5.41, 5.74) is 0.615. The molecule has 0 aliphatic rings. The number of benzene rings is 2. The Morgan fingerprint density at radius 3 is 1.43 bits per heavy atom. The van der Waals surface area contributed by atoms with E-state index in [-0.39, 0.29) is 0 Å². The van der Waals surface area contributed by atoms with Crippen molar-refractivity contribution in [1.29, 1.82) is 0 Å². The summed E-state index contributed by atoms with van der Waals surface area (Å²) in [6.45, 7) is 0.654. The van der Waals surface area contributed by atoms with Crippen molar-refractivity contribution in [3.63, 3.8) is 0 Å². The summed E-state index contributed by atoms with van der Waals surface area (Å²) >= 11 is 0. The summed E-state index contributed by atoms with van der Waals surface area (Å²) in [7, 11) is -3.17. The third-order valence-electron chi connectivity index (χ3n) is 3.20. The first-order valence-electron chi connectivity index (χ1n) is 7.25. The fourth-order valence-electron chi connectivity index (χ4n) is 2.07. The normalized spacial score (nSPS) is 10.3. The fourth-order valence-corrected chi connectivity index (χ4v) is 2.07. The number of ether oxygens (including phenoxy) is 2. The Kier molecular flexibility index (Phi) is 6.49. The molecule has 0 aliphatic carbocycles. The minimum absolute atomic E-state index is 0.308. The van der Waals surface area contributed by atoms with Gasteiger partial charge in [0.2, 0.25) is 0 Å². The molecule has 6 nitrogen and oxygen atoms in total. The van der Waals surface area contributed by atoms with Gasteiger partial charge in [0, 0.05) is 17.3 Å². The van der Waals surface area contributed by atoms with Crippen LogP contribution in [0.3, 0.4) is 0 Å². The van der Waals surface area contributed by atoms with Crippen molar-refractivity contribution in [2.45, 2.75) is 6.42 Å². The quantitative estimate of drug-likeness (QED) is 0.364. The fraction of sp³-hybridized carbons (Fsp3) is 0.200. The first kappa shape index (κ1) is 17.4. The molecule has 0 heterocycles. The third-order valence-corrected chi connectivity index (χ3v) is 3.20. The Morgan fingerprint density at radius 2 is 1.04 bits per heavy atom. The minimum Gasteiger partial charge on any atom is -0.494 e. The second-order valence-corrected chi connectivity index (χ2v) is 4.87. The lowest BCUT2D eigenvalue weighted by Crippen LogP contribution is -2.32. The molecular weight excluding hydrogens is 298 g/mol. The monoisotopic (exact) mass is 316 g/mol. The van der Waals surface area contributed by atoms with Crippen molar-refractivity contribution < 1.29 is 29.6 Å². The van der Waals surface area contributed by atoms with E-state index >= 15 is 0 Å². The molecule has 2 aromatic rings. The van der Waals surface area contributed by atoms with Crippen LogP contribution >= 0.6 is 0 Å². The van der Waals surface area contributed by atoms with Crippen LogP contribution in [-0.4, -0.2) is 47.5 Å². The summed E-state index contributed by atoms with van der Waals surface area (Å²) in [5, 5.41) is 37.0. The first-order chi connectivity index (χ1) is 11.1. The number of hydrogen-bond acceptors (Lipinski definition) is 6. The maximum Gasteiger partial charge on any atom is 0.492 e. The molecule has 0 aliphatic heterocycles. The highest BCUT2D eigenvalue weighted by Gasteiger charge is 2.17. The summed E-state index contributed by atoms with van der Waals surface area (Å²) in [5.74, 6) is 0.822. The van der Waals surface area contributed by atoms with Gasteiger partial charge in [-0.05, 0) is 12.1 Å². The largest absolute Gasteiger partial charge is 0.494 e. The molecule has 0 saturated carbocycles. The zero-order valence-electron chi connectivity index (χ0n) is 12.5. The molecule has 4 N–H and O–H groups in total. The van der Waals surface area contributed by atoms with E-state index < -0.39 is 14.2 Å². The zero-order chi connectivity index (χ0) is 16.7. The van der Waals surface area contributed by atoms with Crippen LogP contribution < -0.4 is 20.4 Å². The van der Waals surface area contributed by atoms with Gasteiger partial charge in [-0.1, -0.05) is 36.4 Å². The van der Waals surface area contributed by atoms with E-state index in [4.69, 9.17) is 9.47 Å². The minimum atomic E-state index is -1.58. The summed E-state index contributed by atoms with van der Waals surface area (Å²) < 4.78 is 11.0. The molecule has 2 aromatic carbocycles. The summed E-state index contributed by atoms with van der Waals surface area (Å²) in [4.78, 5) is 0. The number of hydrogen-bond donors (Lipinski definition) is 4. The second kappa shape index (κ2) is 8.59. The molecule has 0 spiro atoms. The van der Waals surface area contributed by atoms with Gasteiger partial charge in [0.25, 0.3) is 0 Å². The first-order valence-corrected chi connectivity index (χ1v) is 7.25. The van der Waals surface area contributed by atoms with Gasteiger partial charge in [-0.25, -0.2) is 0 Å². The average molecular weight is 316 g/mol. The molecule has 8 heteroatoms. The van der Waals surface area contributed by atoms with Crippen LogP contribution in [0.5, 0.6) is 11.5 Å². The van der Waals surface area contributed by atoms with Crippen molar-refractivity contribution in [1.82, 2.24) is 0 Å². The van der Waals surface area contributed by atoms with Crippen molar-refractivity contribution in [2.75, 3.05) is 13.2 Å². The molecule has 0 aromatic heterocycles. The molecule has 0 amide bonds. The average Bonchev–Trinajstić information content (AvgIpc) is 2.55. The number of para-hydroxylation sites is 2. The molecule has 0 unspecified atom stereocenters. The van der Waals surface area contributed by atoms with Crippen molar-refractivity contribution in [3.8, 4) is 11.5 Å². The molecule has 120 valence electrons. The van der Waals surface area contributed by atoms with Gasteiger partial charge in [0.1, 0.15) is 11.5 Å². The highest BCUT2D eigenvalue weighted by atomic mass is 16.5. The topological polar surface area (TPSA) is 99.4 Å². The SMILES string of the molecule is OB(O)c1ccccc1OCCCOc1ccccc1B(O)O. The maximum atomic E-state index is 9.24. The molecule has 2 rings (SSSR count). The maximum absolute atomic E-state index is 9.24. The van der Waals surface area contributed by atoms with E-state index in [9.17, 15) is 20.1 Å². The van der Waals surface area contributed by atoms with Gasteiger partial charge in [0.15, 0.2) is 0 Å². The smallest absolute Gasteiger partial charge is 0.492 e. The molecule has 0 fully saturated rings. The lowest BCUT2D eigenvalue weighted by atomic mass is 9.79. The number of rotatable bonds is 8. The van der Waals surface area contributed by atoms with Crippen LogP contribution in [0.1, 0.15) is 6.42 Å². The van der Waals surface area contributed by atoms with E-state index in [1.165, 1.54) is 0 Å². The predicted molar refractivity (Wildman–Crippen MR) is 88.1 cm³/mol. The standard InChI is InChI=1S/C15H18B2O6/c18-16(19)12-6-1-3-8-14(12)22-10-5-11-23-15-9-4-2-7-13(15)17(20)21/h1-4,6-9,18-21H,5,10-11H2. The van der Waals surface area contributed by atoms with Crippen LogP contribution in [0, 0.1) is 0 Å². The van der Waals surface area contributed by atoms with Crippen LogP contribution in [0.25, 0.3) is 0 Å². The van der Waals surface area contributed by atoms with Crippen LogP contribution in [0.15, 0.2) is 48.5 Å². The Hall–Kier alpha value is -1.99. The summed E-state index contributed by atoms with van der Waals surface area (Å²) in [6.07, 6.45) is 0.547. The lowest BCUT2D eigenvalue weighted by molar-refractivity contribution is 0.248. The second-order valence-electron chi connectivity index (χ2n) is 4.87. The Morgan fingerprint density at radius 1 is 0.652 bits per heavy atom. The van der Waals surface area contributed by atoms with Gasteiger partial charge in [0.05, 0.1) is 13.2 Å². The third kappa shape index (κ3) is 5.01. The van der Waals surface area contributed by atoms with E-state index in [1.807, 2.05) is 0 Å². The van der Waals surface area contributed by atoms with Crippen molar-refractivity contribution in [2.24, 2.45) is 0 Å². The highest BCUT2D eigenvalue weighted by Crippen LogP contribution is 2.09. The predicted octanol–water partition coefficient (Wildman–Crippen LogP) is -1.11. The van der Waals surface area contributed by atoms with Crippen molar-refractivity contribution >= 4 is 25.2 Å². The van der Waals surface area contributed by atoms with Gasteiger partial charge >= 0.3 is 14.2 Å². The van der Waals surface area contributed by atoms with Crippen molar-refractivity contribution in [3.05, 3.63) is 48.5 Å². The van der Waals surface area contributed by atoms with E-state index in [1.54, 1.807) is 48.5 Å². The molecule has 0 radical (unpaired) electrons. The van der Waals surface area contributed by atoms with Gasteiger partial charge < -0.3 is 29.6 Å². The molecule has 23 heavy (non-hydrogen) atoms. The molecule has 0 atom stereocenters. The molecule has 0 saturated heterocycles. The summed E-state index contributed by atoms with van der Waals surface area (Å²) in [6, 6.07) is 13.4. The Bertz CT molecular complexity index is 567. The highest BCUT2D eigenvalue weighted by molar-refractivity contribution is 6.60. The Balaban J connectivity index is 1.81. The Labute approximate surface area is 135 Å². The van der Waals surface area contributed by atoms with Crippen LogP contribution in [0.2, 0.25) is 0 Å². The lowest BCUT2D eigenvalue weighted by Gasteiger charge is -2.13. The van der Waals surface area contributed by atoms with Gasteiger partial charge in [-0.2, -0.15) is 0 Å². The van der Waals surface area contributed by atoms with Crippen LogP contribution in [0.4, 0.5) is 0 Å². The molecular formula is C15H18B2O6. The van der Waals surface area contributed by atoms with Gasteiger partial charge in [-0.3, -0.25) is 0 Å². The van der Waals surface area contributed by atoms with E-state index in [0.717, 1.165) is 0 Å². The van der Waals surface area contributed by atoms with E-state index in [0.29, 0.717) is 42.1 Å². The zero-order valence-corrected chi connectivity index (χ0v) is 12.5.